The molecule has 40 heavy (non-hydrogen) atoms. The summed E-state index contributed by atoms with van der Waals surface area (Å²) in [5.74, 6) is -4.34. The molecule has 8 nitrogen and oxygen atoms in total. The number of hydrogen-bond acceptors (Lipinski definition) is 5. The van der Waals surface area contributed by atoms with Crippen LogP contribution in [-0.4, -0.2) is 71.9 Å². The number of benzene rings is 2. The average molecular weight is 568 g/mol. The Kier molecular flexibility index (Phi) is 10.9. The zero-order valence-corrected chi connectivity index (χ0v) is 21.9. The number of nitrogens with one attached hydrogen (secondary N) is 1. The second-order valence-electron chi connectivity index (χ2n) is 9.90. The van der Waals surface area contributed by atoms with E-state index < -0.39 is 29.8 Å². The number of carboxylic acid groups (broad SMARTS) is 2. The Morgan fingerprint density at radius 2 is 1.52 bits per heavy atom. The third kappa shape index (κ3) is 8.94. The maximum atomic E-state index is 13.9. The summed E-state index contributed by atoms with van der Waals surface area (Å²) in [6, 6.07) is 10.6. The fourth-order valence-corrected chi connectivity index (χ4v) is 4.92. The number of carbonyl (C=O) groups excluding carboxylic acids is 1. The van der Waals surface area contributed by atoms with Crippen LogP contribution in [0.1, 0.15) is 59.2 Å². The zero-order valence-electron chi connectivity index (χ0n) is 21.9. The summed E-state index contributed by atoms with van der Waals surface area (Å²) in [6.45, 7) is 5.26. The number of carbonyl (C=O) groups is 3. The minimum Gasteiger partial charge on any atom is -0.478 e. The topological polar surface area (TPSA) is 110 Å². The number of piperidine rings is 2. The van der Waals surface area contributed by atoms with Crippen molar-refractivity contribution < 1.29 is 42.2 Å². The number of likely N-dealkylation sites (tertiary alicyclic amines) is 1. The van der Waals surface area contributed by atoms with Gasteiger partial charge in [-0.05, 0) is 88.0 Å². The first kappa shape index (κ1) is 30.9. The number of halogens is 4. The lowest BCUT2D eigenvalue weighted by molar-refractivity contribution is -0.192. The summed E-state index contributed by atoms with van der Waals surface area (Å²) < 4.78 is 45.6. The molecule has 2 heterocycles. The van der Waals surface area contributed by atoms with E-state index in [0.29, 0.717) is 17.3 Å². The first-order chi connectivity index (χ1) is 19.0. The summed E-state index contributed by atoms with van der Waals surface area (Å²) in [5, 5.41) is 19.5. The molecule has 0 saturated carbocycles. The van der Waals surface area contributed by atoms with Crippen molar-refractivity contribution >= 4 is 29.2 Å². The van der Waals surface area contributed by atoms with Crippen LogP contribution in [0.4, 0.5) is 28.9 Å². The van der Waals surface area contributed by atoms with Crippen molar-refractivity contribution in [3.8, 4) is 0 Å². The molecule has 4 rings (SSSR count). The third-order valence-corrected chi connectivity index (χ3v) is 7.10. The van der Waals surface area contributed by atoms with E-state index >= 15 is 0 Å². The largest absolute Gasteiger partial charge is 0.490 e. The van der Waals surface area contributed by atoms with Gasteiger partial charge >= 0.3 is 18.1 Å². The molecule has 0 radical (unpaired) electrons. The molecule has 0 aromatic heterocycles. The number of nitrogens with zero attached hydrogens (tertiary/aromatic N) is 2. The normalized spacial score (nSPS) is 16.6. The van der Waals surface area contributed by atoms with Crippen molar-refractivity contribution in [1.82, 2.24) is 4.90 Å². The van der Waals surface area contributed by atoms with Gasteiger partial charge in [-0.1, -0.05) is 18.6 Å². The van der Waals surface area contributed by atoms with Gasteiger partial charge in [0.1, 0.15) is 5.82 Å². The van der Waals surface area contributed by atoms with E-state index in [0.717, 1.165) is 25.9 Å². The molecule has 0 atom stereocenters. The number of rotatable bonds is 7. The van der Waals surface area contributed by atoms with Crippen LogP contribution in [-0.2, 0) is 4.79 Å². The first-order valence-electron chi connectivity index (χ1n) is 13.2. The van der Waals surface area contributed by atoms with Crippen molar-refractivity contribution in [3.05, 3.63) is 59.4 Å². The highest BCUT2D eigenvalue weighted by molar-refractivity contribution is 6.05. The van der Waals surface area contributed by atoms with E-state index in [1.54, 1.807) is 18.2 Å². The number of aromatic carboxylic acids is 1. The van der Waals surface area contributed by atoms with Crippen molar-refractivity contribution in [2.75, 3.05) is 42.9 Å². The quantitative estimate of drug-likeness (QED) is 0.379. The molecule has 2 aliphatic rings. The molecular formula is C28H33F4N3O5. The van der Waals surface area contributed by atoms with Crippen molar-refractivity contribution in [2.24, 2.45) is 5.92 Å². The predicted molar refractivity (Wildman–Crippen MR) is 141 cm³/mol. The molecular weight excluding hydrogens is 534 g/mol. The lowest BCUT2D eigenvalue weighted by Crippen LogP contribution is -2.37. The Bertz CT molecular complexity index is 1180. The van der Waals surface area contributed by atoms with Crippen LogP contribution in [0.3, 0.4) is 0 Å². The van der Waals surface area contributed by atoms with E-state index in [9.17, 15) is 32.3 Å². The van der Waals surface area contributed by atoms with E-state index in [-0.39, 0.29) is 11.1 Å². The molecule has 2 aromatic rings. The maximum absolute atomic E-state index is 13.9. The van der Waals surface area contributed by atoms with Gasteiger partial charge in [0.25, 0.3) is 5.91 Å². The Labute approximate surface area is 229 Å². The number of amides is 1. The Balaban J connectivity index is 0.000000559. The Morgan fingerprint density at radius 3 is 2.10 bits per heavy atom. The average Bonchev–Trinajstić information content (AvgIpc) is 2.93. The zero-order chi connectivity index (χ0) is 29.3. The molecule has 2 aromatic carbocycles. The fraction of sp³-hybridized carbons (Fsp3) is 0.464. The lowest BCUT2D eigenvalue weighted by atomic mass is 9.92. The number of anilines is 2. The second-order valence-corrected chi connectivity index (χ2v) is 9.90. The van der Waals surface area contributed by atoms with Crippen LogP contribution >= 0.6 is 0 Å². The van der Waals surface area contributed by atoms with E-state index in [1.165, 1.54) is 69.6 Å². The van der Waals surface area contributed by atoms with E-state index in [4.69, 9.17) is 9.90 Å². The molecule has 2 fully saturated rings. The summed E-state index contributed by atoms with van der Waals surface area (Å²) in [6.07, 6.45) is 2.21. The number of alkyl halides is 3. The summed E-state index contributed by atoms with van der Waals surface area (Å²) in [4.78, 5) is 38.0. The summed E-state index contributed by atoms with van der Waals surface area (Å²) >= 11 is 0. The van der Waals surface area contributed by atoms with Crippen molar-refractivity contribution in [1.29, 1.82) is 0 Å². The molecule has 1 amide bonds. The van der Waals surface area contributed by atoms with Gasteiger partial charge in [-0.25, -0.2) is 14.0 Å². The molecule has 12 heteroatoms. The molecule has 0 aliphatic carbocycles. The molecule has 2 aliphatic heterocycles. The lowest BCUT2D eigenvalue weighted by Gasteiger charge is -2.35. The van der Waals surface area contributed by atoms with Gasteiger partial charge in [0.15, 0.2) is 0 Å². The highest BCUT2D eigenvalue weighted by Gasteiger charge is 2.38. The SMILES string of the molecule is O=C(Nc1ccc(N2CCC(CCN3CCCCC3)CC2)c(C(=O)O)c1)c1ccccc1F.O=C(O)C(F)(F)F. The van der Waals surface area contributed by atoms with Crippen LogP contribution < -0.4 is 10.2 Å². The number of aliphatic carboxylic acids is 1. The summed E-state index contributed by atoms with van der Waals surface area (Å²) in [5.41, 5.74) is 1.07. The molecule has 0 unspecified atom stereocenters. The summed E-state index contributed by atoms with van der Waals surface area (Å²) in [7, 11) is 0. The van der Waals surface area contributed by atoms with E-state index in [1.807, 2.05) is 0 Å². The number of carboxylic acids is 2. The highest BCUT2D eigenvalue weighted by Crippen LogP contribution is 2.30. The van der Waals surface area contributed by atoms with Gasteiger partial charge in [0.2, 0.25) is 0 Å². The first-order valence-corrected chi connectivity index (χ1v) is 13.2. The molecule has 218 valence electrons. The molecule has 3 N–H and O–H groups in total. The second kappa shape index (κ2) is 14.1. The Morgan fingerprint density at radius 1 is 0.900 bits per heavy atom. The minimum atomic E-state index is -5.08. The smallest absolute Gasteiger partial charge is 0.478 e. The van der Waals surface area contributed by atoms with Crippen LogP contribution in [0.25, 0.3) is 0 Å². The standard InChI is InChI=1S/C26H32FN3O3.C2HF3O2/c27-23-7-3-2-6-21(23)25(31)28-20-8-9-24(22(18-20)26(32)33)30-16-11-19(12-17-30)10-15-29-13-4-1-5-14-29;3-2(4,5)1(6)7/h2-3,6-9,18-19H,1,4-5,10-17H2,(H,28,31)(H,32,33);(H,6,7). The monoisotopic (exact) mass is 567 g/mol. The van der Waals surface area contributed by atoms with Crippen LogP contribution in [0.2, 0.25) is 0 Å². The third-order valence-electron chi connectivity index (χ3n) is 7.10. The van der Waals surface area contributed by atoms with Crippen LogP contribution in [0.5, 0.6) is 0 Å². The van der Waals surface area contributed by atoms with Gasteiger partial charge in [-0.3, -0.25) is 4.79 Å². The van der Waals surface area contributed by atoms with Gasteiger partial charge < -0.3 is 25.3 Å². The van der Waals surface area contributed by atoms with Gasteiger partial charge in [0, 0.05) is 18.8 Å². The van der Waals surface area contributed by atoms with Crippen LogP contribution in [0.15, 0.2) is 42.5 Å². The van der Waals surface area contributed by atoms with Crippen LogP contribution in [0, 0.1) is 11.7 Å². The Hall–Kier alpha value is -3.67. The van der Waals surface area contributed by atoms with Gasteiger partial charge in [-0.2, -0.15) is 13.2 Å². The molecule has 0 bridgehead atoms. The van der Waals surface area contributed by atoms with Gasteiger partial charge in [-0.15, -0.1) is 0 Å². The van der Waals surface area contributed by atoms with Gasteiger partial charge in [0.05, 0.1) is 16.8 Å². The maximum Gasteiger partial charge on any atom is 0.490 e. The predicted octanol–water partition coefficient (Wildman–Crippen LogP) is 5.50. The van der Waals surface area contributed by atoms with E-state index in [2.05, 4.69) is 15.1 Å². The van der Waals surface area contributed by atoms with Crippen molar-refractivity contribution in [2.45, 2.75) is 44.7 Å². The molecule has 2 saturated heterocycles. The fourth-order valence-electron chi connectivity index (χ4n) is 4.92. The number of hydrogen-bond donors (Lipinski definition) is 3. The molecule has 0 spiro atoms. The minimum absolute atomic E-state index is 0.0786. The highest BCUT2D eigenvalue weighted by atomic mass is 19.4. The van der Waals surface area contributed by atoms with Crippen molar-refractivity contribution in [3.63, 3.8) is 0 Å².